The van der Waals surface area contributed by atoms with Gasteiger partial charge in [-0.2, -0.15) is 10.4 Å². The number of fused-ring (bicyclic) bond motifs is 1. The molecule has 0 saturated heterocycles. The lowest BCUT2D eigenvalue weighted by Gasteiger charge is -2.22. The maximum Gasteiger partial charge on any atom is 0.244 e. The molecule has 10 nitrogen and oxygen atoms in total. The number of hydrogen-bond acceptors (Lipinski definition) is 8. The van der Waals surface area contributed by atoms with Gasteiger partial charge in [0, 0.05) is 42.9 Å². The normalized spacial score (nSPS) is 16.5. The molecule has 3 N–H and O–H groups in total. The lowest BCUT2D eigenvalue weighted by Crippen LogP contribution is -2.35. The van der Waals surface area contributed by atoms with Gasteiger partial charge in [-0.05, 0) is 44.5 Å². The smallest absolute Gasteiger partial charge is 0.244 e. The van der Waals surface area contributed by atoms with E-state index in [-0.39, 0.29) is 25.1 Å². The van der Waals surface area contributed by atoms with E-state index in [1.807, 2.05) is 39.8 Å². The van der Waals surface area contributed by atoms with E-state index in [4.69, 9.17) is 0 Å². The molecule has 0 fully saturated rings. The molecule has 182 valence electrons. The van der Waals surface area contributed by atoms with E-state index in [0.717, 1.165) is 22.5 Å². The molecule has 0 unspecified atom stereocenters. The summed E-state index contributed by atoms with van der Waals surface area (Å²) in [7, 11) is 1.77. The summed E-state index contributed by atoms with van der Waals surface area (Å²) in [5.74, 6) is 0.896. The van der Waals surface area contributed by atoms with E-state index in [1.165, 1.54) is 0 Å². The van der Waals surface area contributed by atoms with Crippen molar-refractivity contribution in [1.82, 2.24) is 24.6 Å². The highest BCUT2D eigenvalue weighted by atomic mass is 16.3. The molecule has 0 bridgehead atoms. The SMILES string of the molecule is Cc1cc(Nc2nccc(-c3cc(C#N)c4c(c3)[C@@](C)(CO)CN4)n2)n(CC(=O)N(C)C(C)C)n1. The van der Waals surface area contributed by atoms with Crippen LogP contribution in [-0.4, -0.2) is 61.9 Å². The van der Waals surface area contributed by atoms with Crippen LogP contribution in [0.1, 0.15) is 37.6 Å². The van der Waals surface area contributed by atoms with Crippen LogP contribution in [0.5, 0.6) is 0 Å². The monoisotopic (exact) mass is 474 g/mol. The predicted molar refractivity (Wildman–Crippen MR) is 133 cm³/mol. The number of nitrogens with zero attached hydrogens (tertiary/aromatic N) is 6. The summed E-state index contributed by atoms with van der Waals surface area (Å²) in [4.78, 5) is 23.3. The average Bonchev–Trinajstić information content (AvgIpc) is 3.37. The Morgan fingerprint density at radius 3 is 2.86 bits per heavy atom. The van der Waals surface area contributed by atoms with Gasteiger partial charge in [0.1, 0.15) is 18.4 Å². The number of carbonyl (C=O) groups excluding carboxylic acids is 1. The molecule has 2 aromatic heterocycles. The maximum absolute atomic E-state index is 12.6. The van der Waals surface area contributed by atoms with Crippen LogP contribution in [0.25, 0.3) is 11.3 Å². The van der Waals surface area contributed by atoms with Gasteiger partial charge in [0.15, 0.2) is 0 Å². The van der Waals surface area contributed by atoms with Crippen LogP contribution in [0.4, 0.5) is 17.5 Å². The van der Waals surface area contributed by atoms with E-state index in [2.05, 4.69) is 31.8 Å². The number of likely N-dealkylation sites (N-methyl/N-ethyl adjacent to an activating group) is 1. The summed E-state index contributed by atoms with van der Waals surface area (Å²) in [6, 6.07) is 9.70. The highest BCUT2D eigenvalue weighted by Gasteiger charge is 2.36. The summed E-state index contributed by atoms with van der Waals surface area (Å²) in [6.45, 7) is 8.35. The third kappa shape index (κ3) is 4.68. The zero-order chi connectivity index (χ0) is 25.3. The Morgan fingerprint density at radius 1 is 1.40 bits per heavy atom. The van der Waals surface area contributed by atoms with Crippen LogP contribution in [0, 0.1) is 18.3 Å². The minimum Gasteiger partial charge on any atom is -0.395 e. The maximum atomic E-state index is 12.6. The Labute approximate surface area is 204 Å². The summed E-state index contributed by atoms with van der Waals surface area (Å²) in [5, 5.41) is 30.5. The van der Waals surface area contributed by atoms with Crippen molar-refractivity contribution in [1.29, 1.82) is 5.26 Å². The molecule has 1 aliphatic rings. The van der Waals surface area contributed by atoms with Gasteiger partial charge in [-0.15, -0.1) is 0 Å². The van der Waals surface area contributed by atoms with Gasteiger partial charge in [-0.1, -0.05) is 6.92 Å². The zero-order valence-electron chi connectivity index (χ0n) is 20.6. The topological polar surface area (TPSA) is 132 Å². The van der Waals surface area contributed by atoms with Gasteiger partial charge in [0.2, 0.25) is 11.9 Å². The lowest BCUT2D eigenvalue weighted by molar-refractivity contribution is -0.132. The number of rotatable bonds is 7. The zero-order valence-corrected chi connectivity index (χ0v) is 20.6. The van der Waals surface area contributed by atoms with Crippen LogP contribution in [-0.2, 0) is 16.8 Å². The molecule has 0 saturated carbocycles. The van der Waals surface area contributed by atoms with Gasteiger partial charge in [0.25, 0.3) is 0 Å². The molecular weight excluding hydrogens is 444 g/mol. The second-order valence-electron chi connectivity index (χ2n) is 9.45. The molecule has 10 heteroatoms. The van der Waals surface area contributed by atoms with Gasteiger partial charge < -0.3 is 20.6 Å². The second-order valence-corrected chi connectivity index (χ2v) is 9.45. The van der Waals surface area contributed by atoms with E-state index in [9.17, 15) is 15.2 Å². The van der Waals surface area contributed by atoms with Gasteiger partial charge in [-0.25, -0.2) is 14.6 Å². The first-order valence-electron chi connectivity index (χ1n) is 11.5. The summed E-state index contributed by atoms with van der Waals surface area (Å²) < 4.78 is 1.61. The van der Waals surface area contributed by atoms with Crippen molar-refractivity contribution in [3.05, 3.63) is 47.3 Å². The Balaban J connectivity index is 1.65. The van der Waals surface area contributed by atoms with Crippen molar-refractivity contribution < 1.29 is 9.90 Å². The number of aromatic nitrogens is 4. The van der Waals surface area contributed by atoms with Gasteiger partial charge in [0.05, 0.1) is 29.2 Å². The molecule has 35 heavy (non-hydrogen) atoms. The fourth-order valence-electron chi connectivity index (χ4n) is 4.05. The minimum atomic E-state index is -0.481. The standard InChI is InChI=1S/C25H30N8O2/c1-15(2)32(5)22(35)12-33-21(8-16(3)31-33)30-24-27-7-6-20(29-24)17-9-18(11-26)23-19(10-17)25(4,14-34)13-28-23/h6-10,15,28,34H,12-14H2,1-5H3,(H,27,29,30)/t25-/m1/s1. The third-order valence-electron chi connectivity index (χ3n) is 6.46. The van der Waals surface area contributed by atoms with E-state index >= 15 is 0 Å². The second kappa shape index (κ2) is 9.35. The van der Waals surface area contributed by atoms with Crippen molar-refractivity contribution in [3.63, 3.8) is 0 Å². The number of amides is 1. The van der Waals surface area contributed by atoms with E-state index < -0.39 is 5.41 Å². The minimum absolute atomic E-state index is 0.0358. The average molecular weight is 475 g/mol. The molecule has 1 atom stereocenters. The lowest BCUT2D eigenvalue weighted by atomic mass is 9.83. The fourth-order valence-corrected chi connectivity index (χ4v) is 4.05. The number of hydrogen-bond donors (Lipinski definition) is 3. The first-order valence-corrected chi connectivity index (χ1v) is 11.5. The highest BCUT2D eigenvalue weighted by Crippen LogP contribution is 2.41. The number of nitriles is 1. The Bertz CT molecular complexity index is 1310. The Morgan fingerprint density at radius 2 is 2.17 bits per heavy atom. The van der Waals surface area contributed by atoms with Crippen molar-refractivity contribution in [2.45, 2.75) is 45.7 Å². The van der Waals surface area contributed by atoms with Crippen LogP contribution < -0.4 is 10.6 Å². The van der Waals surface area contributed by atoms with Crippen LogP contribution in [0.15, 0.2) is 30.5 Å². The van der Waals surface area contributed by atoms with Crippen molar-refractivity contribution >= 4 is 23.4 Å². The molecule has 3 aromatic rings. The molecule has 3 heterocycles. The summed E-state index contributed by atoms with van der Waals surface area (Å²) >= 11 is 0. The largest absolute Gasteiger partial charge is 0.395 e. The van der Waals surface area contributed by atoms with Gasteiger partial charge in [-0.3, -0.25) is 4.79 Å². The number of aliphatic hydroxyl groups excluding tert-OH is 1. The Kier molecular flexibility index (Phi) is 6.45. The Hall–Kier alpha value is -3.97. The molecular formula is C25H30N8O2. The number of aryl methyl sites for hydroxylation is 1. The van der Waals surface area contributed by atoms with Crippen molar-refractivity contribution in [2.24, 2.45) is 0 Å². The van der Waals surface area contributed by atoms with Gasteiger partial charge >= 0.3 is 0 Å². The number of aliphatic hydroxyl groups is 1. The van der Waals surface area contributed by atoms with Crippen LogP contribution >= 0.6 is 0 Å². The number of nitrogens with one attached hydrogen (secondary N) is 2. The van der Waals surface area contributed by atoms with Crippen molar-refractivity contribution in [2.75, 3.05) is 30.8 Å². The first-order chi connectivity index (χ1) is 16.6. The molecule has 1 amide bonds. The number of benzene rings is 1. The molecule has 0 aliphatic carbocycles. The third-order valence-corrected chi connectivity index (χ3v) is 6.46. The van der Waals surface area contributed by atoms with Crippen LogP contribution in [0.2, 0.25) is 0 Å². The molecule has 1 aliphatic heterocycles. The molecule has 1 aromatic carbocycles. The van der Waals surface area contributed by atoms with Crippen molar-refractivity contribution in [3.8, 4) is 17.3 Å². The highest BCUT2D eigenvalue weighted by molar-refractivity contribution is 5.77. The predicted octanol–water partition coefficient (Wildman–Crippen LogP) is 2.81. The molecule has 4 rings (SSSR count). The molecule has 0 radical (unpaired) electrons. The summed E-state index contributed by atoms with van der Waals surface area (Å²) in [6.07, 6.45) is 1.64. The quantitative estimate of drug-likeness (QED) is 0.476. The molecule has 0 spiro atoms. The van der Waals surface area contributed by atoms with E-state index in [0.29, 0.717) is 29.6 Å². The number of carbonyl (C=O) groups is 1. The van der Waals surface area contributed by atoms with E-state index in [1.54, 1.807) is 35.0 Å². The number of anilines is 3. The summed E-state index contributed by atoms with van der Waals surface area (Å²) in [5.41, 5.74) is 3.82. The first kappa shape index (κ1) is 24.2. The fraction of sp³-hybridized carbons (Fsp3) is 0.400. The van der Waals surface area contributed by atoms with Crippen LogP contribution in [0.3, 0.4) is 0 Å².